The highest BCUT2D eigenvalue weighted by molar-refractivity contribution is 8.00. The molecule has 1 aromatic heterocycles. The zero-order valence-corrected chi connectivity index (χ0v) is 13.7. The molecule has 1 atom stereocenters. The summed E-state index contributed by atoms with van der Waals surface area (Å²) in [5, 5.41) is 0.818. The molecule has 0 radical (unpaired) electrons. The lowest BCUT2D eigenvalue weighted by Gasteiger charge is -2.14. The number of hydrogen-bond acceptors (Lipinski definition) is 3. The van der Waals surface area contributed by atoms with Gasteiger partial charge in [-0.15, -0.1) is 0 Å². The van der Waals surface area contributed by atoms with E-state index in [1.165, 1.54) is 11.8 Å². The number of carbonyl (C=O) groups is 1. The van der Waals surface area contributed by atoms with Gasteiger partial charge in [0.05, 0.1) is 0 Å². The number of benzene rings is 2. The SMILES string of the molecule is NC(=O)[C@H](Sc1nccn1-c1cccc(Cl)c1)c1ccccc1. The highest BCUT2D eigenvalue weighted by Crippen LogP contribution is 2.35. The van der Waals surface area contributed by atoms with Gasteiger partial charge in [0.25, 0.3) is 0 Å². The number of amides is 1. The fourth-order valence-electron chi connectivity index (χ4n) is 2.22. The molecule has 0 fully saturated rings. The van der Waals surface area contributed by atoms with Crippen LogP contribution in [0.15, 0.2) is 72.1 Å². The van der Waals surface area contributed by atoms with Crippen LogP contribution in [0.2, 0.25) is 5.02 Å². The van der Waals surface area contributed by atoms with Gasteiger partial charge in [0.1, 0.15) is 5.25 Å². The number of halogens is 1. The smallest absolute Gasteiger partial charge is 0.235 e. The monoisotopic (exact) mass is 343 g/mol. The Balaban J connectivity index is 1.94. The standard InChI is InChI=1S/C17H14ClN3OS/c18-13-7-4-8-14(11-13)21-10-9-20-17(21)23-15(16(19)22)12-5-2-1-3-6-12/h1-11,15H,(H2,19,22)/t15-/m1/s1. The second kappa shape index (κ2) is 6.89. The van der Waals surface area contributed by atoms with Crippen molar-refractivity contribution in [1.29, 1.82) is 0 Å². The molecule has 0 aliphatic heterocycles. The number of primary amides is 1. The summed E-state index contributed by atoms with van der Waals surface area (Å²) in [6.07, 6.45) is 3.52. The predicted octanol–water partition coefficient (Wildman–Crippen LogP) is 3.84. The summed E-state index contributed by atoms with van der Waals surface area (Å²) in [7, 11) is 0. The highest BCUT2D eigenvalue weighted by Gasteiger charge is 2.21. The van der Waals surface area contributed by atoms with E-state index in [0.29, 0.717) is 10.2 Å². The van der Waals surface area contributed by atoms with Gasteiger partial charge in [0.15, 0.2) is 5.16 Å². The zero-order chi connectivity index (χ0) is 16.2. The van der Waals surface area contributed by atoms with E-state index in [0.717, 1.165) is 11.3 Å². The molecular formula is C17H14ClN3OS. The maximum Gasteiger partial charge on any atom is 0.235 e. The van der Waals surface area contributed by atoms with Crippen molar-refractivity contribution in [3.63, 3.8) is 0 Å². The minimum absolute atomic E-state index is 0.401. The first-order chi connectivity index (χ1) is 11.1. The number of hydrogen-bond donors (Lipinski definition) is 1. The molecule has 2 N–H and O–H groups in total. The first kappa shape index (κ1) is 15.6. The number of nitrogens with zero attached hydrogens (tertiary/aromatic N) is 2. The number of imidazole rings is 1. The lowest BCUT2D eigenvalue weighted by Crippen LogP contribution is -2.19. The molecule has 1 amide bonds. The van der Waals surface area contributed by atoms with Crippen LogP contribution in [0.3, 0.4) is 0 Å². The Morgan fingerprint density at radius 1 is 1.17 bits per heavy atom. The summed E-state index contributed by atoms with van der Waals surface area (Å²) in [4.78, 5) is 16.2. The van der Waals surface area contributed by atoms with Crippen molar-refractivity contribution in [1.82, 2.24) is 9.55 Å². The third-order valence-corrected chi connectivity index (χ3v) is 4.77. The van der Waals surface area contributed by atoms with Crippen molar-refractivity contribution in [2.75, 3.05) is 0 Å². The van der Waals surface area contributed by atoms with Crippen molar-refractivity contribution in [3.05, 3.63) is 77.6 Å². The summed E-state index contributed by atoms with van der Waals surface area (Å²) >= 11 is 7.37. The first-order valence-electron chi connectivity index (χ1n) is 6.95. The van der Waals surface area contributed by atoms with Gasteiger partial charge in [-0.05, 0) is 23.8 Å². The van der Waals surface area contributed by atoms with E-state index >= 15 is 0 Å². The van der Waals surface area contributed by atoms with Crippen LogP contribution < -0.4 is 5.73 Å². The van der Waals surface area contributed by atoms with E-state index in [1.54, 1.807) is 6.20 Å². The molecule has 1 heterocycles. The molecule has 0 unspecified atom stereocenters. The molecule has 3 rings (SSSR count). The van der Waals surface area contributed by atoms with Crippen LogP contribution in [0.1, 0.15) is 10.8 Å². The Morgan fingerprint density at radius 3 is 2.65 bits per heavy atom. The second-order valence-electron chi connectivity index (χ2n) is 4.87. The van der Waals surface area contributed by atoms with Crippen LogP contribution in [0.4, 0.5) is 0 Å². The Kier molecular flexibility index (Phi) is 4.69. The quantitative estimate of drug-likeness (QED) is 0.716. The van der Waals surface area contributed by atoms with E-state index in [9.17, 15) is 4.79 Å². The molecule has 3 aromatic rings. The summed E-state index contributed by atoms with van der Waals surface area (Å²) < 4.78 is 1.88. The van der Waals surface area contributed by atoms with Gasteiger partial charge in [-0.3, -0.25) is 9.36 Å². The van der Waals surface area contributed by atoms with Crippen LogP contribution in [-0.2, 0) is 4.79 Å². The molecule has 6 heteroatoms. The van der Waals surface area contributed by atoms with Gasteiger partial charge in [-0.25, -0.2) is 4.98 Å². The van der Waals surface area contributed by atoms with E-state index in [1.807, 2.05) is 65.4 Å². The van der Waals surface area contributed by atoms with Gasteiger partial charge >= 0.3 is 0 Å². The van der Waals surface area contributed by atoms with Gasteiger partial charge in [-0.2, -0.15) is 0 Å². The van der Waals surface area contributed by atoms with E-state index in [4.69, 9.17) is 17.3 Å². The summed E-state index contributed by atoms with van der Waals surface area (Å²) in [5.74, 6) is -0.401. The molecule has 2 aromatic carbocycles. The Labute approximate surface area is 143 Å². The van der Waals surface area contributed by atoms with Crippen molar-refractivity contribution in [2.45, 2.75) is 10.4 Å². The van der Waals surface area contributed by atoms with Crippen molar-refractivity contribution in [3.8, 4) is 5.69 Å². The normalized spacial score (nSPS) is 12.0. The fourth-order valence-corrected chi connectivity index (χ4v) is 3.43. The average molecular weight is 344 g/mol. The number of rotatable bonds is 5. The molecule has 0 saturated heterocycles. The molecule has 0 aliphatic carbocycles. The lowest BCUT2D eigenvalue weighted by atomic mass is 10.1. The topological polar surface area (TPSA) is 60.9 Å². The highest BCUT2D eigenvalue weighted by atomic mass is 35.5. The molecule has 116 valence electrons. The summed E-state index contributed by atoms with van der Waals surface area (Å²) in [6.45, 7) is 0. The number of nitrogens with two attached hydrogens (primary N) is 1. The van der Waals surface area contributed by atoms with E-state index in [-0.39, 0.29) is 0 Å². The van der Waals surface area contributed by atoms with Crippen LogP contribution in [-0.4, -0.2) is 15.5 Å². The predicted molar refractivity (Wildman–Crippen MR) is 92.8 cm³/mol. The molecular weight excluding hydrogens is 330 g/mol. The van der Waals surface area contributed by atoms with Crippen molar-refractivity contribution >= 4 is 29.3 Å². The number of thioether (sulfide) groups is 1. The molecule has 23 heavy (non-hydrogen) atoms. The van der Waals surface area contributed by atoms with Gasteiger partial charge in [-0.1, -0.05) is 59.8 Å². The minimum atomic E-state index is -0.503. The van der Waals surface area contributed by atoms with Crippen LogP contribution in [0.25, 0.3) is 5.69 Å². The Bertz CT molecular complexity index is 819. The maximum absolute atomic E-state index is 11.9. The maximum atomic E-state index is 11.9. The molecule has 0 spiro atoms. The van der Waals surface area contributed by atoms with E-state index < -0.39 is 11.2 Å². The van der Waals surface area contributed by atoms with E-state index in [2.05, 4.69) is 4.98 Å². The van der Waals surface area contributed by atoms with Crippen LogP contribution in [0.5, 0.6) is 0 Å². The average Bonchev–Trinajstić information content (AvgIpc) is 3.01. The molecule has 0 bridgehead atoms. The molecule has 0 aliphatic rings. The number of aromatic nitrogens is 2. The fraction of sp³-hybridized carbons (Fsp3) is 0.0588. The molecule has 4 nitrogen and oxygen atoms in total. The first-order valence-corrected chi connectivity index (χ1v) is 8.21. The summed E-state index contributed by atoms with van der Waals surface area (Å²) in [6, 6.07) is 16.9. The van der Waals surface area contributed by atoms with Crippen molar-refractivity contribution < 1.29 is 4.79 Å². The third-order valence-electron chi connectivity index (χ3n) is 3.28. The van der Waals surface area contributed by atoms with Crippen LogP contribution >= 0.6 is 23.4 Å². The van der Waals surface area contributed by atoms with Crippen LogP contribution in [0, 0.1) is 0 Å². The largest absolute Gasteiger partial charge is 0.368 e. The second-order valence-corrected chi connectivity index (χ2v) is 6.38. The number of carbonyl (C=O) groups excluding carboxylic acids is 1. The summed E-state index contributed by atoms with van der Waals surface area (Å²) in [5.41, 5.74) is 7.32. The third kappa shape index (κ3) is 3.57. The Hall–Kier alpha value is -2.24. The Morgan fingerprint density at radius 2 is 1.96 bits per heavy atom. The lowest BCUT2D eigenvalue weighted by molar-refractivity contribution is -0.117. The van der Waals surface area contributed by atoms with Gasteiger partial charge < -0.3 is 5.73 Å². The minimum Gasteiger partial charge on any atom is -0.368 e. The van der Waals surface area contributed by atoms with Gasteiger partial charge in [0.2, 0.25) is 5.91 Å². The molecule has 0 saturated carbocycles. The van der Waals surface area contributed by atoms with Gasteiger partial charge in [0, 0.05) is 23.1 Å². The van der Waals surface area contributed by atoms with Crippen molar-refractivity contribution in [2.24, 2.45) is 5.73 Å². The zero-order valence-electron chi connectivity index (χ0n) is 12.1.